The minimum atomic E-state index is 0. The first-order valence-electron chi connectivity index (χ1n) is 4.19. The molecule has 1 heteroatoms. The van der Waals surface area contributed by atoms with Crippen LogP contribution in [0, 0.1) is 19.3 Å². The van der Waals surface area contributed by atoms with Crippen molar-refractivity contribution < 1.29 is 17.1 Å². The molecule has 2 aromatic carbocycles. The molecule has 0 bridgehead atoms. The van der Waals surface area contributed by atoms with E-state index in [0.717, 1.165) is 5.56 Å². The second-order valence-corrected chi connectivity index (χ2v) is 2.78. The molecular weight excluding hydrogens is 212 g/mol. The predicted molar refractivity (Wildman–Crippen MR) is 56.7 cm³/mol. The van der Waals surface area contributed by atoms with Gasteiger partial charge in [0.1, 0.15) is 0 Å². The van der Waals surface area contributed by atoms with Gasteiger partial charge in [-0.05, 0) is 0 Å². The maximum Gasteiger partial charge on any atom is 2.00 e. The van der Waals surface area contributed by atoms with E-state index in [2.05, 4.69) is 25.0 Å². The third-order valence-corrected chi connectivity index (χ3v) is 1.66. The van der Waals surface area contributed by atoms with Gasteiger partial charge in [-0.1, -0.05) is 6.92 Å². The number of hydrogen-bond donors (Lipinski definition) is 0. The monoisotopic (exact) mass is 224 g/mol. The van der Waals surface area contributed by atoms with Gasteiger partial charge in [0, 0.05) is 0 Å². The van der Waals surface area contributed by atoms with Crippen LogP contribution in [0.4, 0.5) is 0 Å². The van der Waals surface area contributed by atoms with Gasteiger partial charge in [0.25, 0.3) is 0 Å². The van der Waals surface area contributed by atoms with Crippen LogP contribution in [-0.2, 0) is 17.1 Å². The van der Waals surface area contributed by atoms with Gasteiger partial charge < -0.3 is 0 Å². The average Bonchev–Trinajstić information content (AvgIpc) is 2.76. The third kappa shape index (κ3) is 4.72. The Morgan fingerprint density at radius 2 is 1.79 bits per heavy atom. The molecule has 0 fully saturated rings. The number of hydrogen-bond acceptors (Lipinski definition) is 0. The molecule has 0 atom stereocenters. The van der Waals surface area contributed by atoms with Crippen LogP contribution in [0.1, 0.15) is 11.1 Å². The molecule has 0 N–H and O–H groups in total. The molecule has 0 heterocycles. The van der Waals surface area contributed by atoms with Crippen molar-refractivity contribution in [2.45, 2.75) is 6.92 Å². The molecule has 0 nitrogen and oxygen atoms in total. The van der Waals surface area contributed by atoms with Crippen LogP contribution in [0.15, 0.2) is 48.5 Å². The molecule has 0 saturated carbocycles. The van der Waals surface area contributed by atoms with Gasteiger partial charge in [0.2, 0.25) is 0 Å². The molecule has 0 saturated heterocycles. The molecular formula is C13H12Fe. The minimum absolute atomic E-state index is 0. The predicted octanol–water partition coefficient (Wildman–Crippen LogP) is 3.10. The van der Waals surface area contributed by atoms with Crippen molar-refractivity contribution in [2.24, 2.45) is 0 Å². The van der Waals surface area contributed by atoms with Crippen molar-refractivity contribution in [1.29, 1.82) is 0 Å². The summed E-state index contributed by atoms with van der Waals surface area (Å²) in [6, 6.07) is 15.9. The third-order valence-electron chi connectivity index (χ3n) is 1.66. The molecule has 0 aliphatic heterocycles. The van der Waals surface area contributed by atoms with Gasteiger partial charge >= 0.3 is 17.1 Å². The van der Waals surface area contributed by atoms with Gasteiger partial charge in [0.15, 0.2) is 0 Å². The SMILES string of the molecule is C#Cc1cc[cH-]c1.Cc1cc[cH-]c1.[Fe+2]. The summed E-state index contributed by atoms with van der Waals surface area (Å²) in [5.74, 6) is 2.51. The van der Waals surface area contributed by atoms with E-state index in [4.69, 9.17) is 6.42 Å². The molecule has 0 aromatic heterocycles. The quantitative estimate of drug-likeness (QED) is 0.366. The molecule has 0 aliphatic rings. The normalized spacial score (nSPS) is 7.71. The van der Waals surface area contributed by atoms with Crippen molar-refractivity contribution in [1.82, 2.24) is 0 Å². The zero-order valence-electron chi connectivity index (χ0n) is 8.05. The minimum Gasteiger partial charge on any atom is -0.211 e. The first-order valence-corrected chi connectivity index (χ1v) is 4.19. The van der Waals surface area contributed by atoms with E-state index < -0.39 is 0 Å². The van der Waals surface area contributed by atoms with Crippen LogP contribution < -0.4 is 0 Å². The zero-order chi connectivity index (χ0) is 9.52. The van der Waals surface area contributed by atoms with Crippen LogP contribution in [0.5, 0.6) is 0 Å². The maximum atomic E-state index is 5.04. The molecule has 0 aliphatic carbocycles. The van der Waals surface area contributed by atoms with Gasteiger partial charge in [-0.2, -0.15) is 48.4 Å². The van der Waals surface area contributed by atoms with E-state index in [1.54, 1.807) is 0 Å². The summed E-state index contributed by atoms with van der Waals surface area (Å²) >= 11 is 0. The van der Waals surface area contributed by atoms with E-state index in [1.807, 2.05) is 36.4 Å². The van der Waals surface area contributed by atoms with Gasteiger partial charge in [-0.3, -0.25) is 0 Å². The zero-order valence-corrected chi connectivity index (χ0v) is 9.15. The topological polar surface area (TPSA) is 0 Å². The summed E-state index contributed by atoms with van der Waals surface area (Å²) in [6.07, 6.45) is 5.04. The second-order valence-electron chi connectivity index (χ2n) is 2.78. The second kappa shape index (κ2) is 7.21. The molecule has 0 radical (unpaired) electrons. The Hall–Kier alpha value is -1.22. The van der Waals surface area contributed by atoms with Crippen LogP contribution in [-0.4, -0.2) is 0 Å². The Bertz CT molecular complexity index is 346. The molecule has 2 aromatic rings. The molecule has 0 amide bonds. The van der Waals surface area contributed by atoms with E-state index in [0.29, 0.717) is 0 Å². The van der Waals surface area contributed by atoms with Crippen molar-refractivity contribution in [2.75, 3.05) is 0 Å². The average molecular weight is 224 g/mol. The first kappa shape index (κ1) is 12.8. The molecule has 0 unspecified atom stereocenters. The van der Waals surface area contributed by atoms with Crippen LogP contribution in [0.25, 0.3) is 0 Å². The van der Waals surface area contributed by atoms with E-state index >= 15 is 0 Å². The Balaban J connectivity index is 0.000000227. The summed E-state index contributed by atoms with van der Waals surface area (Å²) < 4.78 is 0. The van der Waals surface area contributed by atoms with Crippen molar-refractivity contribution >= 4 is 0 Å². The Morgan fingerprint density at radius 1 is 1.14 bits per heavy atom. The Kier molecular flexibility index (Phi) is 6.58. The van der Waals surface area contributed by atoms with Crippen molar-refractivity contribution in [3.8, 4) is 12.3 Å². The number of aryl methyl sites for hydroxylation is 1. The van der Waals surface area contributed by atoms with Crippen LogP contribution >= 0.6 is 0 Å². The summed E-state index contributed by atoms with van der Waals surface area (Å²) in [5.41, 5.74) is 2.30. The fourth-order valence-corrected chi connectivity index (χ4v) is 0.940. The summed E-state index contributed by atoms with van der Waals surface area (Å²) in [7, 11) is 0. The van der Waals surface area contributed by atoms with Gasteiger partial charge in [0.05, 0.1) is 0 Å². The smallest absolute Gasteiger partial charge is 0.211 e. The summed E-state index contributed by atoms with van der Waals surface area (Å²) in [4.78, 5) is 0. The van der Waals surface area contributed by atoms with Crippen molar-refractivity contribution in [3.63, 3.8) is 0 Å². The molecule has 2 rings (SSSR count). The molecule has 72 valence electrons. The summed E-state index contributed by atoms with van der Waals surface area (Å²) in [5, 5.41) is 0. The van der Waals surface area contributed by atoms with Crippen LogP contribution in [0.3, 0.4) is 0 Å². The Labute approximate surface area is 96.2 Å². The molecule has 14 heavy (non-hydrogen) atoms. The van der Waals surface area contributed by atoms with E-state index in [9.17, 15) is 0 Å². The van der Waals surface area contributed by atoms with Crippen molar-refractivity contribution in [3.05, 3.63) is 59.7 Å². The largest absolute Gasteiger partial charge is 2.00 e. The van der Waals surface area contributed by atoms with Gasteiger partial charge in [-0.25, -0.2) is 11.6 Å². The van der Waals surface area contributed by atoms with E-state index in [-0.39, 0.29) is 17.1 Å². The molecule has 0 spiro atoms. The fraction of sp³-hybridized carbons (Fsp3) is 0.0769. The first-order chi connectivity index (χ1) is 6.33. The summed E-state index contributed by atoms with van der Waals surface area (Å²) in [6.45, 7) is 2.08. The fourth-order valence-electron chi connectivity index (χ4n) is 0.940. The van der Waals surface area contributed by atoms with E-state index in [1.165, 1.54) is 5.56 Å². The number of rotatable bonds is 0. The number of terminal acetylenes is 1. The maximum absolute atomic E-state index is 5.04. The van der Waals surface area contributed by atoms with Gasteiger partial charge in [-0.15, -0.1) is 12.0 Å². The Morgan fingerprint density at radius 3 is 2.00 bits per heavy atom. The van der Waals surface area contributed by atoms with Crippen LogP contribution in [0.2, 0.25) is 0 Å². The standard InChI is InChI=1S/C7H5.C6H7.Fe/c1-2-7-5-3-4-6-7;1-6-4-2-3-5-6;/h1,3-6H;2-5H,1H3;/q2*-1;+2.